The summed E-state index contributed by atoms with van der Waals surface area (Å²) in [6.07, 6.45) is -0.467. The van der Waals surface area contributed by atoms with Crippen LogP contribution in [0.2, 0.25) is 0 Å². The summed E-state index contributed by atoms with van der Waals surface area (Å²) in [6, 6.07) is 7.11. The summed E-state index contributed by atoms with van der Waals surface area (Å²) < 4.78 is 0.746. The Hall–Kier alpha value is -1.38. The zero-order valence-corrected chi connectivity index (χ0v) is 9.94. The molecule has 4 nitrogen and oxygen atoms in total. The van der Waals surface area contributed by atoms with Gasteiger partial charge in [0.2, 0.25) is 5.91 Å². The van der Waals surface area contributed by atoms with Gasteiger partial charge in [0, 0.05) is 10.2 Å². The largest absolute Gasteiger partial charge is 0.391 e. The minimum absolute atomic E-state index is 0.116. The minimum atomic E-state index is -0.614. The number of β-amino-alcohol motifs (C(OH)–C–C–N with tert-alkyl or cyclic N) is 1. The van der Waals surface area contributed by atoms with Gasteiger partial charge in [-0.15, -0.1) is 0 Å². The molecule has 5 heteroatoms. The van der Waals surface area contributed by atoms with E-state index in [4.69, 9.17) is 5.26 Å². The third-order valence-corrected chi connectivity index (χ3v) is 2.89. The Labute approximate surface area is 101 Å². The third kappa shape index (κ3) is 2.08. The number of nitrogens with zero attached hydrogens (tertiary/aromatic N) is 2. The highest BCUT2D eigenvalue weighted by molar-refractivity contribution is 9.10. The molecule has 1 aliphatic rings. The van der Waals surface area contributed by atoms with Crippen molar-refractivity contribution in [3.63, 3.8) is 0 Å². The monoisotopic (exact) mass is 280 g/mol. The first-order valence-electron chi connectivity index (χ1n) is 4.79. The van der Waals surface area contributed by atoms with Gasteiger partial charge in [0.25, 0.3) is 0 Å². The van der Waals surface area contributed by atoms with E-state index in [1.54, 1.807) is 18.2 Å². The van der Waals surface area contributed by atoms with E-state index in [9.17, 15) is 9.90 Å². The number of anilines is 1. The van der Waals surface area contributed by atoms with Gasteiger partial charge in [-0.3, -0.25) is 4.79 Å². The fraction of sp³-hybridized carbons (Fsp3) is 0.273. The SMILES string of the molecule is N#Cc1cc(Br)cc(N2CC(O)CC2=O)c1. The summed E-state index contributed by atoms with van der Waals surface area (Å²) in [5.41, 5.74) is 1.13. The molecule has 0 spiro atoms. The van der Waals surface area contributed by atoms with Crippen LogP contribution in [0.3, 0.4) is 0 Å². The molecule has 0 radical (unpaired) electrons. The van der Waals surface area contributed by atoms with E-state index < -0.39 is 6.10 Å². The maximum Gasteiger partial charge on any atom is 0.229 e. The molecule has 1 aromatic rings. The Morgan fingerprint density at radius 1 is 1.50 bits per heavy atom. The fourth-order valence-electron chi connectivity index (χ4n) is 1.73. The molecule has 1 N–H and O–H groups in total. The number of halogens is 1. The first-order chi connectivity index (χ1) is 7.60. The van der Waals surface area contributed by atoms with E-state index in [0.29, 0.717) is 17.8 Å². The quantitative estimate of drug-likeness (QED) is 0.846. The molecule has 82 valence electrons. The number of aliphatic hydroxyl groups excluding tert-OH is 1. The summed E-state index contributed by atoms with van der Waals surface area (Å²) in [4.78, 5) is 13.1. The highest BCUT2D eigenvalue weighted by Crippen LogP contribution is 2.26. The number of nitriles is 1. The van der Waals surface area contributed by atoms with Gasteiger partial charge < -0.3 is 10.0 Å². The van der Waals surface area contributed by atoms with E-state index in [0.717, 1.165) is 4.47 Å². The number of carbonyl (C=O) groups is 1. The van der Waals surface area contributed by atoms with Crippen molar-refractivity contribution in [1.29, 1.82) is 5.26 Å². The number of benzene rings is 1. The number of hydrogen-bond donors (Lipinski definition) is 1. The smallest absolute Gasteiger partial charge is 0.229 e. The number of aliphatic hydroxyl groups is 1. The van der Waals surface area contributed by atoms with Gasteiger partial charge in [-0.1, -0.05) is 15.9 Å². The number of carbonyl (C=O) groups excluding carboxylic acids is 1. The minimum Gasteiger partial charge on any atom is -0.391 e. The first-order valence-corrected chi connectivity index (χ1v) is 5.58. The highest BCUT2D eigenvalue weighted by atomic mass is 79.9. The zero-order valence-electron chi connectivity index (χ0n) is 8.35. The first kappa shape index (κ1) is 11.1. The molecular weight excluding hydrogens is 272 g/mol. The van der Waals surface area contributed by atoms with Crippen molar-refractivity contribution in [2.24, 2.45) is 0 Å². The molecule has 0 saturated carbocycles. The summed E-state index contributed by atoms with van der Waals surface area (Å²) in [7, 11) is 0. The molecule has 1 amide bonds. The Bertz CT molecular complexity index is 481. The van der Waals surface area contributed by atoms with Gasteiger partial charge >= 0.3 is 0 Å². The molecule has 1 unspecified atom stereocenters. The van der Waals surface area contributed by atoms with Gasteiger partial charge in [-0.25, -0.2) is 0 Å². The maximum absolute atomic E-state index is 11.6. The molecule has 1 fully saturated rings. The summed E-state index contributed by atoms with van der Waals surface area (Å²) in [5, 5.41) is 18.2. The molecular formula is C11H9BrN2O2. The van der Waals surface area contributed by atoms with E-state index in [1.165, 1.54) is 4.90 Å². The molecule has 1 aromatic carbocycles. The van der Waals surface area contributed by atoms with Crippen LogP contribution >= 0.6 is 15.9 Å². The van der Waals surface area contributed by atoms with Crippen LogP contribution in [0.15, 0.2) is 22.7 Å². The van der Waals surface area contributed by atoms with Gasteiger partial charge in [-0.2, -0.15) is 5.26 Å². The normalized spacial score (nSPS) is 19.9. The van der Waals surface area contributed by atoms with Crippen molar-refractivity contribution >= 4 is 27.5 Å². The average molecular weight is 281 g/mol. The van der Waals surface area contributed by atoms with Crippen molar-refractivity contribution in [3.05, 3.63) is 28.2 Å². The van der Waals surface area contributed by atoms with Crippen LogP contribution in [0.4, 0.5) is 5.69 Å². The maximum atomic E-state index is 11.6. The molecule has 16 heavy (non-hydrogen) atoms. The van der Waals surface area contributed by atoms with Crippen molar-refractivity contribution < 1.29 is 9.90 Å². The number of hydrogen-bond acceptors (Lipinski definition) is 3. The van der Waals surface area contributed by atoms with Gasteiger partial charge in [0.1, 0.15) is 0 Å². The highest BCUT2D eigenvalue weighted by Gasteiger charge is 2.29. The predicted octanol–water partition coefficient (Wildman–Crippen LogP) is 1.42. The molecule has 1 saturated heterocycles. The molecule has 2 rings (SSSR count). The molecule has 1 heterocycles. The zero-order chi connectivity index (χ0) is 11.7. The van der Waals surface area contributed by atoms with Crippen molar-refractivity contribution in [3.8, 4) is 6.07 Å². The van der Waals surface area contributed by atoms with E-state index in [2.05, 4.69) is 15.9 Å². The fourth-order valence-corrected chi connectivity index (χ4v) is 2.21. The molecule has 1 atom stereocenters. The van der Waals surface area contributed by atoms with Crippen molar-refractivity contribution in [1.82, 2.24) is 0 Å². The lowest BCUT2D eigenvalue weighted by Crippen LogP contribution is -2.25. The van der Waals surface area contributed by atoms with Crippen molar-refractivity contribution in [2.75, 3.05) is 11.4 Å². The predicted molar refractivity (Wildman–Crippen MR) is 61.8 cm³/mol. The summed E-state index contributed by atoms with van der Waals surface area (Å²) >= 11 is 3.28. The standard InChI is InChI=1S/C11H9BrN2O2/c12-8-1-7(5-13)2-9(3-8)14-6-10(15)4-11(14)16/h1-3,10,15H,4,6H2. The summed E-state index contributed by atoms with van der Waals surface area (Å²) in [5.74, 6) is -0.116. The van der Waals surface area contributed by atoms with Gasteiger partial charge in [0.05, 0.1) is 30.7 Å². The lowest BCUT2D eigenvalue weighted by Gasteiger charge is -2.16. The Morgan fingerprint density at radius 3 is 2.81 bits per heavy atom. The van der Waals surface area contributed by atoms with Crippen LogP contribution in [-0.2, 0) is 4.79 Å². The second kappa shape index (κ2) is 4.24. The van der Waals surface area contributed by atoms with Crippen LogP contribution in [0.25, 0.3) is 0 Å². The van der Waals surface area contributed by atoms with Gasteiger partial charge in [0.15, 0.2) is 0 Å². The van der Waals surface area contributed by atoms with Crippen LogP contribution in [0, 0.1) is 11.3 Å². The Morgan fingerprint density at radius 2 is 2.25 bits per heavy atom. The second-order valence-electron chi connectivity index (χ2n) is 3.67. The number of rotatable bonds is 1. The number of amides is 1. The molecule has 0 aliphatic carbocycles. The van der Waals surface area contributed by atoms with E-state index >= 15 is 0 Å². The van der Waals surface area contributed by atoms with E-state index in [1.807, 2.05) is 6.07 Å². The van der Waals surface area contributed by atoms with Gasteiger partial charge in [-0.05, 0) is 18.2 Å². The Balaban J connectivity index is 2.37. The van der Waals surface area contributed by atoms with Crippen LogP contribution in [0.5, 0.6) is 0 Å². The molecule has 0 aromatic heterocycles. The van der Waals surface area contributed by atoms with Crippen LogP contribution < -0.4 is 4.90 Å². The molecule has 0 bridgehead atoms. The lowest BCUT2D eigenvalue weighted by atomic mass is 10.2. The third-order valence-electron chi connectivity index (χ3n) is 2.43. The molecule has 1 aliphatic heterocycles. The van der Waals surface area contributed by atoms with Crippen LogP contribution in [-0.4, -0.2) is 23.7 Å². The van der Waals surface area contributed by atoms with Crippen LogP contribution in [0.1, 0.15) is 12.0 Å². The van der Waals surface area contributed by atoms with E-state index in [-0.39, 0.29) is 12.3 Å². The second-order valence-corrected chi connectivity index (χ2v) is 4.59. The lowest BCUT2D eigenvalue weighted by molar-refractivity contribution is -0.117. The average Bonchev–Trinajstić information content (AvgIpc) is 2.57. The Kier molecular flexibility index (Phi) is 2.95. The topological polar surface area (TPSA) is 64.3 Å². The summed E-state index contributed by atoms with van der Waals surface area (Å²) in [6.45, 7) is 0.292. The van der Waals surface area contributed by atoms with Crippen molar-refractivity contribution in [2.45, 2.75) is 12.5 Å².